The highest BCUT2D eigenvalue weighted by atomic mass is 16.9. The first-order chi connectivity index (χ1) is 6.91. The van der Waals surface area contributed by atoms with Crippen molar-refractivity contribution in [1.82, 2.24) is 16.0 Å². The summed E-state index contributed by atoms with van der Waals surface area (Å²) in [5.41, 5.74) is 0. The first-order valence-corrected chi connectivity index (χ1v) is 3.50. The Hall–Kier alpha value is -0.480. The number of nitrogens with two attached hydrogens (primary N) is 3. The molecule has 0 saturated carbocycles. The topological polar surface area (TPSA) is 185 Å². The Balaban J connectivity index is 3.84. The minimum absolute atomic E-state index is 0.362. The van der Waals surface area contributed by atoms with E-state index in [0.29, 0.717) is 0 Å². The molecule has 0 heterocycles. The molecule has 0 aromatic heterocycles. The predicted molar refractivity (Wildman–Crippen MR) is 45.0 cm³/mol. The van der Waals surface area contributed by atoms with Crippen LogP contribution in [-0.2, 0) is 14.5 Å². The molecule has 0 rings (SSSR count). The predicted octanol–water partition coefficient (Wildman–Crippen LogP) is -2.83. The van der Waals surface area contributed by atoms with Crippen molar-refractivity contribution in [2.24, 2.45) is 17.5 Å². The second-order valence-corrected chi connectivity index (χ2v) is 2.18. The second-order valence-electron chi connectivity index (χ2n) is 2.18. The molecule has 12 nitrogen and oxygen atoms in total. The van der Waals surface area contributed by atoms with E-state index in [9.17, 15) is 15.6 Å². The molecule has 0 aromatic rings. The molecule has 0 unspecified atom stereocenters. The summed E-state index contributed by atoms with van der Waals surface area (Å²) in [6.07, 6.45) is -1.12. The van der Waals surface area contributed by atoms with Crippen LogP contribution < -0.4 is 17.5 Å². The van der Waals surface area contributed by atoms with Crippen molar-refractivity contribution >= 4 is 0 Å². The fourth-order valence-corrected chi connectivity index (χ4v) is 0.569. The first-order valence-electron chi connectivity index (χ1n) is 3.50. The molecular formula is C3H11N6O6-3. The summed E-state index contributed by atoms with van der Waals surface area (Å²) < 4.78 is 0. The van der Waals surface area contributed by atoms with E-state index in [1.54, 1.807) is 0 Å². The molecule has 15 heavy (non-hydrogen) atoms. The van der Waals surface area contributed by atoms with Crippen LogP contribution >= 0.6 is 0 Å². The Labute approximate surface area is 84.1 Å². The van der Waals surface area contributed by atoms with Crippen molar-refractivity contribution in [3.05, 3.63) is 15.6 Å². The second kappa shape index (κ2) is 7.77. The number of hydrazine groups is 3. The number of rotatable bonds is 8. The third-order valence-corrected chi connectivity index (χ3v) is 1.03. The maximum Gasteiger partial charge on any atom is 0.130 e. The molecule has 0 saturated heterocycles. The van der Waals surface area contributed by atoms with E-state index >= 15 is 0 Å². The van der Waals surface area contributed by atoms with Crippen LogP contribution in [0.25, 0.3) is 0 Å². The van der Waals surface area contributed by atoms with Crippen molar-refractivity contribution in [2.45, 2.75) is 6.10 Å². The Bertz CT molecular complexity index is 144. The van der Waals surface area contributed by atoms with Gasteiger partial charge < -0.3 is 15.6 Å². The average Bonchev–Trinajstić information content (AvgIpc) is 2.08. The minimum Gasteiger partial charge on any atom is -0.748 e. The van der Waals surface area contributed by atoms with Gasteiger partial charge in [-0.05, 0) is 0 Å². The molecule has 0 aliphatic carbocycles. The highest BCUT2D eigenvalue weighted by Crippen LogP contribution is 1.97. The van der Waals surface area contributed by atoms with Crippen molar-refractivity contribution in [3.63, 3.8) is 0 Å². The lowest BCUT2D eigenvalue weighted by Gasteiger charge is -2.30. The smallest absolute Gasteiger partial charge is 0.130 e. The van der Waals surface area contributed by atoms with Crippen molar-refractivity contribution < 1.29 is 14.5 Å². The molecule has 92 valence electrons. The summed E-state index contributed by atoms with van der Waals surface area (Å²) in [7, 11) is 0. The third kappa shape index (κ3) is 9.82. The lowest BCUT2D eigenvalue weighted by Crippen LogP contribution is -2.40. The van der Waals surface area contributed by atoms with Gasteiger partial charge in [0.25, 0.3) is 0 Å². The van der Waals surface area contributed by atoms with Gasteiger partial charge in [-0.1, -0.05) is 0 Å². The standard InChI is InChI=1S/C3H11N6O6/c4-7(10)13-1-3(15-9(6)12)2-14-8(5)11/h3H,1-2,4-6H2/q-3. The minimum atomic E-state index is -1.12. The van der Waals surface area contributed by atoms with Gasteiger partial charge in [0.2, 0.25) is 0 Å². The average molecular weight is 227 g/mol. The summed E-state index contributed by atoms with van der Waals surface area (Å²) in [5, 5.41) is 29.4. The third-order valence-electron chi connectivity index (χ3n) is 1.03. The van der Waals surface area contributed by atoms with E-state index in [2.05, 4.69) is 32.0 Å². The fraction of sp³-hybridized carbons (Fsp3) is 1.00. The Morgan fingerprint density at radius 3 is 1.53 bits per heavy atom. The van der Waals surface area contributed by atoms with Gasteiger partial charge in [0.1, 0.15) is 6.10 Å². The lowest BCUT2D eigenvalue weighted by atomic mass is 10.4. The molecule has 0 amide bonds. The largest absolute Gasteiger partial charge is 0.748 e. The van der Waals surface area contributed by atoms with Gasteiger partial charge >= 0.3 is 0 Å². The van der Waals surface area contributed by atoms with Gasteiger partial charge in [-0.15, -0.1) is 0 Å². The zero-order valence-corrected chi connectivity index (χ0v) is 7.51. The zero-order chi connectivity index (χ0) is 11.8. The van der Waals surface area contributed by atoms with Crippen molar-refractivity contribution in [2.75, 3.05) is 13.2 Å². The highest BCUT2D eigenvalue weighted by Gasteiger charge is 2.11. The molecule has 0 aromatic carbocycles. The Morgan fingerprint density at radius 2 is 1.27 bits per heavy atom. The Kier molecular flexibility index (Phi) is 7.52. The molecule has 0 spiro atoms. The van der Waals surface area contributed by atoms with Crippen LogP contribution in [0, 0.1) is 15.6 Å². The van der Waals surface area contributed by atoms with Gasteiger partial charge in [-0.2, -0.15) is 16.0 Å². The van der Waals surface area contributed by atoms with E-state index in [-0.39, 0.29) is 10.7 Å². The van der Waals surface area contributed by atoms with Gasteiger partial charge in [-0.3, -0.25) is 32.0 Å². The molecular weight excluding hydrogens is 216 g/mol. The molecule has 0 atom stereocenters. The van der Waals surface area contributed by atoms with Crippen LogP contribution in [0.5, 0.6) is 0 Å². The first kappa shape index (κ1) is 14.5. The fourth-order valence-electron chi connectivity index (χ4n) is 0.569. The maximum atomic E-state index is 10.3. The lowest BCUT2D eigenvalue weighted by molar-refractivity contribution is -0.252. The van der Waals surface area contributed by atoms with Gasteiger partial charge in [0.15, 0.2) is 0 Å². The van der Waals surface area contributed by atoms with Crippen LogP contribution in [0.4, 0.5) is 0 Å². The number of nitrogens with zero attached hydrogens (tertiary/aromatic N) is 3. The van der Waals surface area contributed by atoms with Gasteiger partial charge in [0, 0.05) is 0 Å². The van der Waals surface area contributed by atoms with Crippen LogP contribution in [-0.4, -0.2) is 35.3 Å². The van der Waals surface area contributed by atoms with Crippen LogP contribution in [0.3, 0.4) is 0 Å². The van der Waals surface area contributed by atoms with Crippen LogP contribution in [0.15, 0.2) is 0 Å². The summed E-state index contributed by atoms with van der Waals surface area (Å²) in [6, 6.07) is 0. The molecule has 0 bridgehead atoms. The van der Waals surface area contributed by atoms with E-state index in [1.165, 1.54) is 0 Å². The van der Waals surface area contributed by atoms with E-state index in [1.807, 2.05) is 0 Å². The molecule has 0 radical (unpaired) electrons. The van der Waals surface area contributed by atoms with Gasteiger partial charge in [-0.25, -0.2) is 0 Å². The summed E-state index contributed by atoms with van der Waals surface area (Å²) in [4.78, 5) is 12.7. The van der Waals surface area contributed by atoms with E-state index in [4.69, 9.17) is 0 Å². The Morgan fingerprint density at radius 1 is 0.867 bits per heavy atom. The van der Waals surface area contributed by atoms with E-state index < -0.39 is 24.7 Å². The monoisotopic (exact) mass is 227 g/mol. The number of hydrogen-bond donors (Lipinski definition) is 3. The van der Waals surface area contributed by atoms with Crippen molar-refractivity contribution in [1.29, 1.82) is 0 Å². The van der Waals surface area contributed by atoms with Gasteiger partial charge in [0.05, 0.1) is 13.2 Å². The molecule has 0 aliphatic rings. The quantitative estimate of drug-likeness (QED) is 0.285. The summed E-state index contributed by atoms with van der Waals surface area (Å²) in [6.45, 7) is -0.909. The van der Waals surface area contributed by atoms with E-state index in [0.717, 1.165) is 0 Å². The SMILES string of the molecule is NN([O-])OCC(CON(N)[O-])ON(N)[O-]. The summed E-state index contributed by atoms with van der Waals surface area (Å²) >= 11 is 0. The molecule has 6 N–H and O–H groups in total. The van der Waals surface area contributed by atoms with Crippen molar-refractivity contribution in [3.8, 4) is 0 Å². The summed E-state index contributed by atoms with van der Waals surface area (Å²) in [5.74, 6) is 13.7. The normalized spacial score (nSPS) is 12.4. The molecule has 0 aliphatic heterocycles. The van der Waals surface area contributed by atoms with Crippen LogP contribution in [0.1, 0.15) is 0 Å². The highest BCUT2D eigenvalue weighted by molar-refractivity contribution is 4.53. The number of hydrogen-bond acceptors (Lipinski definition) is 12. The van der Waals surface area contributed by atoms with Crippen LogP contribution in [0.2, 0.25) is 0 Å². The zero-order valence-electron chi connectivity index (χ0n) is 7.51. The molecule has 0 fully saturated rings. The molecule has 12 heteroatoms. The maximum absolute atomic E-state index is 10.3.